The number of nitrogen functional groups attached to an aromatic ring is 2. The molecule has 0 aliphatic rings. The molecule has 4 N–H and O–H groups in total. The summed E-state index contributed by atoms with van der Waals surface area (Å²) in [5.74, 6) is -1.11. The maximum Gasteiger partial charge on any atom is 0.358 e. The molecule has 0 bridgehead atoms. The van der Waals surface area contributed by atoms with Gasteiger partial charge in [-0.05, 0) is 6.07 Å². The number of rotatable bonds is 2. The third-order valence-electron chi connectivity index (χ3n) is 1.72. The van der Waals surface area contributed by atoms with Crippen LogP contribution in [0.1, 0.15) is 22.5 Å². The summed E-state index contributed by atoms with van der Waals surface area (Å²) < 4.78 is 29.2. The minimum atomic E-state index is -2.82. The Morgan fingerprint density at radius 3 is 2.60 bits per heavy atom. The molecule has 0 aromatic carbocycles. The van der Waals surface area contributed by atoms with E-state index in [0.29, 0.717) is 0 Å². The van der Waals surface area contributed by atoms with E-state index in [4.69, 9.17) is 11.5 Å². The summed E-state index contributed by atoms with van der Waals surface area (Å²) in [4.78, 5) is 14.6. The second-order valence-electron chi connectivity index (χ2n) is 2.69. The summed E-state index contributed by atoms with van der Waals surface area (Å²) >= 11 is 0. The number of ether oxygens (including phenoxy) is 1. The minimum Gasteiger partial charge on any atom is -0.464 e. The predicted octanol–water partition coefficient (Wildman–Crippen LogP) is 0.970. The van der Waals surface area contributed by atoms with Crippen molar-refractivity contribution in [3.63, 3.8) is 0 Å². The van der Waals surface area contributed by atoms with Gasteiger partial charge < -0.3 is 16.2 Å². The molecule has 0 unspecified atom stereocenters. The maximum atomic E-state index is 12.4. The fraction of sp³-hybridized carbons (Fsp3) is 0.250. The van der Waals surface area contributed by atoms with Gasteiger partial charge in [-0.3, -0.25) is 0 Å². The maximum absolute atomic E-state index is 12.4. The Labute approximate surface area is 84.0 Å². The smallest absolute Gasteiger partial charge is 0.358 e. The molecule has 1 rings (SSSR count). The van der Waals surface area contributed by atoms with Crippen LogP contribution in [0.3, 0.4) is 0 Å². The molecule has 5 nitrogen and oxygen atoms in total. The van der Waals surface area contributed by atoms with Gasteiger partial charge in [0.05, 0.1) is 12.8 Å². The van der Waals surface area contributed by atoms with Crippen molar-refractivity contribution in [1.29, 1.82) is 0 Å². The van der Waals surface area contributed by atoms with Crippen molar-refractivity contribution in [2.45, 2.75) is 6.43 Å². The van der Waals surface area contributed by atoms with E-state index in [9.17, 15) is 13.6 Å². The van der Waals surface area contributed by atoms with Gasteiger partial charge in [-0.25, -0.2) is 18.6 Å². The van der Waals surface area contributed by atoms with Gasteiger partial charge in [-0.2, -0.15) is 0 Å². The van der Waals surface area contributed by atoms with Crippen LogP contribution in [-0.2, 0) is 4.74 Å². The zero-order valence-corrected chi connectivity index (χ0v) is 7.83. The quantitative estimate of drug-likeness (QED) is 0.720. The second-order valence-corrected chi connectivity index (χ2v) is 2.69. The molecule has 0 aliphatic heterocycles. The van der Waals surface area contributed by atoms with Crippen molar-refractivity contribution < 1.29 is 18.3 Å². The normalized spacial score (nSPS) is 10.4. The fourth-order valence-electron chi connectivity index (χ4n) is 1.03. The second kappa shape index (κ2) is 4.07. The first-order chi connectivity index (χ1) is 6.97. The van der Waals surface area contributed by atoms with Crippen LogP contribution in [0.2, 0.25) is 0 Å². The lowest BCUT2D eigenvalue weighted by Gasteiger charge is -2.09. The molecule has 0 fully saturated rings. The van der Waals surface area contributed by atoms with Crippen LogP contribution in [0.25, 0.3) is 0 Å². The van der Waals surface area contributed by atoms with Crippen LogP contribution in [0.5, 0.6) is 0 Å². The average Bonchev–Trinajstić information content (AvgIpc) is 2.19. The van der Waals surface area contributed by atoms with E-state index >= 15 is 0 Å². The van der Waals surface area contributed by atoms with Crippen LogP contribution < -0.4 is 11.5 Å². The van der Waals surface area contributed by atoms with Crippen LogP contribution >= 0.6 is 0 Å². The first-order valence-electron chi connectivity index (χ1n) is 3.89. The van der Waals surface area contributed by atoms with E-state index in [1.54, 1.807) is 0 Å². The van der Waals surface area contributed by atoms with E-state index in [1.807, 2.05) is 0 Å². The topological polar surface area (TPSA) is 91.2 Å². The molecule has 0 atom stereocenters. The van der Waals surface area contributed by atoms with Gasteiger partial charge >= 0.3 is 5.97 Å². The lowest BCUT2D eigenvalue weighted by Crippen LogP contribution is -2.12. The first-order valence-corrected chi connectivity index (χ1v) is 3.89. The summed E-state index contributed by atoms with van der Waals surface area (Å²) in [6.45, 7) is 0. The summed E-state index contributed by atoms with van der Waals surface area (Å²) in [6.07, 6.45) is -2.82. The van der Waals surface area contributed by atoms with E-state index in [0.717, 1.165) is 13.2 Å². The van der Waals surface area contributed by atoms with Crippen LogP contribution in [0.15, 0.2) is 6.07 Å². The van der Waals surface area contributed by atoms with Gasteiger partial charge in [0, 0.05) is 5.56 Å². The number of halogens is 2. The molecule has 0 amide bonds. The number of hydrogen-bond donors (Lipinski definition) is 2. The highest BCUT2D eigenvalue weighted by molar-refractivity contribution is 5.94. The van der Waals surface area contributed by atoms with Crippen LogP contribution in [0, 0.1) is 0 Å². The van der Waals surface area contributed by atoms with Gasteiger partial charge in [-0.1, -0.05) is 0 Å². The van der Waals surface area contributed by atoms with Gasteiger partial charge in [0.25, 0.3) is 6.43 Å². The number of esters is 1. The predicted molar refractivity (Wildman–Crippen MR) is 49.4 cm³/mol. The van der Waals surface area contributed by atoms with Crippen molar-refractivity contribution in [3.8, 4) is 0 Å². The van der Waals surface area contributed by atoms with Gasteiger partial charge in [0.2, 0.25) is 0 Å². The Morgan fingerprint density at radius 1 is 1.53 bits per heavy atom. The number of alkyl halides is 2. The lowest BCUT2D eigenvalue weighted by molar-refractivity contribution is 0.0595. The molecule has 0 saturated carbocycles. The molecule has 15 heavy (non-hydrogen) atoms. The molecule has 1 aromatic heterocycles. The monoisotopic (exact) mass is 217 g/mol. The SMILES string of the molecule is COC(=O)c1nc(N)cc(C(F)F)c1N. The zero-order chi connectivity index (χ0) is 11.6. The van der Waals surface area contributed by atoms with Gasteiger partial charge in [-0.15, -0.1) is 0 Å². The lowest BCUT2D eigenvalue weighted by atomic mass is 10.1. The number of anilines is 2. The minimum absolute atomic E-state index is 0.208. The van der Waals surface area contributed by atoms with Crippen molar-refractivity contribution in [1.82, 2.24) is 4.98 Å². The Hall–Kier alpha value is -1.92. The number of hydrogen-bond acceptors (Lipinski definition) is 5. The summed E-state index contributed by atoms with van der Waals surface area (Å²) in [7, 11) is 1.09. The molecule has 0 aliphatic carbocycles. The molecular formula is C8H9F2N3O2. The molecule has 7 heteroatoms. The highest BCUT2D eigenvalue weighted by Crippen LogP contribution is 2.28. The Balaban J connectivity index is 3.34. The van der Waals surface area contributed by atoms with Crippen LogP contribution in [-0.4, -0.2) is 18.1 Å². The number of nitrogens with two attached hydrogens (primary N) is 2. The summed E-state index contributed by atoms with van der Waals surface area (Å²) in [5, 5.41) is 0. The fourth-order valence-corrected chi connectivity index (χ4v) is 1.03. The third-order valence-corrected chi connectivity index (χ3v) is 1.72. The largest absolute Gasteiger partial charge is 0.464 e. The molecule has 0 radical (unpaired) electrons. The van der Waals surface area contributed by atoms with Crippen molar-refractivity contribution >= 4 is 17.5 Å². The Bertz CT molecular complexity index is 396. The third kappa shape index (κ3) is 2.12. The van der Waals surface area contributed by atoms with Crippen molar-refractivity contribution in [3.05, 3.63) is 17.3 Å². The molecule has 1 heterocycles. The van der Waals surface area contributed by atoms with E-state index < -0.39 is 29.3 Å². The summed E-state index contributed by atoms with van der Waals surface area (Å²) in [6, 6.07) is 0.923. The number of carbonyl (C=O) groups excluding carboxylic acids is 1. The number of aromatic nitrogens is 1. The zero-order valence-electron chi connectivity index (χ0n) is 7.83. The summed E-state index contributed by atoms with van der Waals surface area (Å²) in [5.41, 5.74) is 9.25. The highest BCUT2D eigenvalue weighted by Gasteiger charge is 2.21. The van der Waals surface area contributed by atoms with Crippen LogP contribution in [0.4, 0.5) is 20.3 Å². The highest BCUT2D eigenvalue weighted by atomic mass is 19.3. The molecule has 0 spiro atoms. The van der Waals surface area contributed by atoms with E-state index in [1.165, 1.54) is 0 Å². The number of nitrogens with zero attached hydrogens (tertiary/aromatic N) is 1. The standard InChI is InChI=1S/C8H9F2N3O2/c1-15-8(14)6-5(12)3(7(9)10)2-4(11)13-6/h2,7H,12H2,1H3,(H2,11,13). The number of pyridine rings is 1. The average molecular weight is 217 g/mol. The number of methoxy groups -OCH3 is 1. The molecule has 0 saturated heterocycles. The van der Waals surface area contributed by atoms with Gasteiger partial charge in [0.1, 0.15) is 5.82 Å². The Kier molecular flexibility index (Phi) is 3.03. The van der Waals surface area contributed by atoms with Crippen molar-refractivity contribution in [2.75, 3.05) is 18.6 Å². The Morgan fingerprint density at radius 2 is 2.13 bits per heavy atom. The first kappa shape index (κ1) is 11.2. The van der Waals surface area contributed by atoms with E-state index in [2.05, 4.69) is 9.72 Å². The number of carbonyl (C=O) groups is 1. The molecule has 1 aromatic rings. The van der Waals surface area contributed by atoms with Gasteiger partial charge in [0.15, 0.2) is 5.69 Å². The van der Waals surface area contributed by atoms with Crippen molar-refractivity contribution in [2.24, 2.45) is 0 Å². The molecule has 82 valence electrons. The molecular weight excluding hydrogens is 208 g/mol. The van der Waals surface area contributed by atoms with E-state index in [-0.39, 0.29) is 5.82 Å².